The van der Waals surface area contributed by atoms with Crippen molar-refractivity contribution in [2.24, 2.45) is 5.73 Å². The zero-order valence-electron chi connectivity index (χ0n) is 11.1. The van der Waals surface area contributed by atoms with E-state index in [1.54, 1.807) is 0 Å². The van der Waals surface area contributed by atoms with Gasteiger partial charge in [-0.2, -0.15) is 0 Å². The van der Waals surface area contributed by atoms with Gasteiger partial charge in [0.05, 0.1) is 13.2 Å². The second-order valence-electron chi connectivity index (χ2n) is 4.93. The van der Waals surface area contributed by atoms with E-state index in [4.69, 9.17) is 10.5 Å². The van der Waals surface area contributed by atoms with Crippen LogP contribution in [0.3, 0.4) is 0 Å². The summed E-state index contributed by atoms with van der Waals surface area (Å²) >= 11 is 0. The molecule has 17 heavy (non-hydrogen) atoms. The summed E-state index contributed by atoms with van der Waals surface area (Å²) in [5, 5.41) is 3.01. The number of morpholine rings is 1. The molecule has 0 radical (unpaired) electrons. The van der Waals surface area contributed by atoms with E-state index in [-0.39, 0.29) is 18.0 Å². The predicted octanol–water partition coefficient (Wildman–Crippen LogP) is -0.0509. The lowest BCUT2D eigenvalue weighted by Crippen LogP contribution is -2.52. The minimum Gasteiger partial charge on any atom is -0.379 e. The van der Waals surface area contributed by atoms with Gasteiger partial charge in [0.15, 0.2) is 0 Å². The van der Waals surface area contributed by atoms with Crippen molar-refractivity contribution in [2.75, 3.05) is 26.3 Å². The number of nitrogens with one attached hydrogen (secondary N) is 1. The minimum atomic E-state index is -0.0825. The van der Waals surface area contributed by atoms with Crippen LogP contribution in [0.15, 0.2) is 0 Å². The Morgan fingerprint density at radius 1 is 1.35 bits per heavy atom. The van der Waals surface area contributed by atoms with E-state index in [9.17, 15) is 4.79 Å². The van der Waals surface area contributed by atoms with Gasteiger partial charge in [0.25, 0.3) is 0 Å². The van der Waals surface area contributed by atoms with Gasteiger partial charge in [-0.1, -0.05) is 0 Å². The molecule has 1 heterocycles. The summed E-state index contributed by atoms with van der Waals surface area (Å²) in [5.74, 6) is 0.0348. The molecular weight excluding hydrogens is 218 g/mol. The highest BCUT2D eigenvalue weighted by Gasteiger charge is 2.23. The lowest BCUT2D eigenvalue weighted by Gasteiger charge is -2.35. The molecule has 3 unspecified atom stereocenters. The van der Waals surface area contributed by atoms with Crippen molar-refractivity contribution in [1.82, 2.24) is 10.2 Å². The minimum absolute atomic E-state index is 0.0348. The number of nitrogens with two attached hydrogens (primary N) is 1. The molecule has 1 fully saturated rings. The molecule has 100 valence electrons. The molecule has 3 N–H and O–H groups in total. The average molecular weight is 243 g/mol. The van der Waals surface area contributed by atoms with Crippen molar-refractivity contribution in [1.29, 1.82) is 0 Å². The third-order valence-corrected chi connectivity index (χ3v) is 3.24. The Hall–Kier alpha value is -0.650. The first-order valence-electron chi connectivity index (χ1n) is 6.37. The summed E-state index contributed by atoms with van der Waals surface area (Å²) in [6, 6.07) is 0.385. The summed E-state index contributed by atoms with van der Waals surface area (Å²) < 4.78 is 5.32. The number of hydrogen-bond acceptors (Lipinski definition) is 4. The number of carbonyl (C=O) groups excluding carboxylic acids is 1. The third kappa shape index (κ3) is 5.02. The van der Waals surface area contributed by atoms with Crippen LogP contribution in [0.1, 0.15) is 27.2 Å². The number of ether oxygens (including phenoxy) is 1. The van der Waals surface area contributed by atoms with E-state index in [1.165, 1.54) is 0 Å². The largest absolute Gasteiger partial charge is 0.379 e. The van der Waals surface area contributed by atoms with Crippen LogP contribution in [-0.2, 0) is 9.53 Å². The zero-order chi connectivity index (χ0) is 12.8. The van der Waals surface area contributed by atoms with Crippen LogP contribution in [0.4, 0.5) is 0 Å². The van der Waals surface area contributed by atoms with Gasteiger partial charge < -0.3 is 15.8 Å². The molecule has 1 aliphatic rings. The van der Waals surface area contributed by atoms with Gasteiger partial charge in [-0.25, -0.2) is 0 Å². The molecule has 0 aromatic heterocycles. The van der Waals surface area contributed by atoms with E-state index < -0.39 is 0 Å². The second-order valence-corrected chi connectivity index (χ2v) is 4.93. The summed E-state index contributed by atoms with van der Waals surface area (Å²) in [6.45, 7) is 9.47. The fourth-order valence-corrected chi connectivity index (χ4v) is 2.03. The molecule has 5 heteroatoms. The average Bonchev–Trinajstić information content (AvgIpc) is 2.28. The van der Waals surface area contributed by atoms with E-state index in [0.717, 1.165) is 26.3 Å². The molecule has 0 bridgehead atoms. The van der Waals surface area contributed by atoms with Crippen LogP contribution < -0.4 is 11.1 Å². The molecule has 3 atom stereocenters. The first-order chi connectivity index (χ1) is 8.00. The lowest BCUT2D eigenvalue weighted by atomic mass is 10.1. The summed E-state index contributed by atoms with van der Waals surface area (Å²) in [7, 11) is 0. The molecular formula is C12H25N3O2. The van der Waals surface area contributed by atoms with Crippen LogP contribution in [0, 0.1) is 0 Å². The SMILES string of the molecule is CC(N)CC(=O)NC(C)C(C)N1CCOCC1. The van der Waals surface area contributed by atoms with Crippen LogP contribution in [0.5, 0.6) is 0 Å². The maximum Gasteiger partial charge on any atom is 0.221 e. The van der Waals surface area contributed by atoms with Crippen molar-refractivity contribution in [3.8, 4) is 0 Å². The fourth-order valence-electron chi connectivity index (χ4n) is 2.03. The van der Waals surface area contributed by atoms with Gasteiger partial charge in [0.2, 0.25) is 5.91 Å². The van der Waals surface area contributed by atoms with Crippen LogP contribution in [0.25, 0.3) is 0 Å². The van der Waals surface area contributed by atoms with Crippen molar-refractivity contribution in [3.05, 3.63) is 0 Å². The summed E-state index contributed by atoms with van der Waals surface area (Å²) in [5.41, 5.74) is 5.60. The first-order valence-corrected chi connectivity index (χ1v) is 6.37. The molecule has 1 amide bonds. The Kier molecular flexibility index (Phi) is 5.88. The van der Waals surface area contributed by atoms with Crippen LogP contribution in [-0.4, -0.2) is 55.2 Å². The van der Waals surface area contributed by atoms with Crippen molar-refractivity contribution >= 4 is 5.91 Å². The lowest BCUT2D eigenvalue weighted by molar-refractivity contribution is -0.122. The highest BCUT2D eigenvalue weighted by Crippen LogP contribution is 2.07. The Labute approximate surface area is 104 Å². The maximum atomic E-state index is 11.6. The number of hydrogen-bond donors (Lipinski definition) is 2. The monoisotopic (exact) mass is 243 g/mol. The fraction of sp³-hybridized carbons (Fsp3) is 0.917. The smallest absolute Gasteiger partial charge is 0.221 e. The Morgan fingerprint density at radius 2 is 1.94 bits per heavy atom. The molecule has 5 nitrogen and oxygen atoms in total. The highest BCUT2D eigenvalue weighted by atomic mass is 16.5. The van der Waals surface area contributed by atoms with Gasteiger partial charge in [-0.15, -0.1) is 0 Å². The quantitative estimate of drug-likeness (QED) is 0.710. The van der Waals surface area contributed by atoms with Crippen molar-refractivity contribution < 1.29 is 9.53 Å². The standard InChI is InChI=1S/C12H25N3O2/c1-9(13)8-12(16)14-10(2)11(3)15-4-6-17-7-5-15/h9-11H,4-8,13H2,1-3H3,(H,14,16). The molecule has 0 aromatic carbocycles. The molecule has 1 aliphatic heterocycles. The summed E-state index contributed by atoms with van der Waals surface area (Å²) in [4.78, 5) is 14.0. The normalized spacial score (nSPS) is 22.8. The number of amides is 1. The number of rotatable bonds is 5. The second kappa shape index (κ2) is 6.93. The number of carbonyl (C=O) groups is 1. The molecule has 0 aliphatic carbocycles. The molecule has 1 saturated heterocycles. The van der Waals surface area contributed by atoms with Crippen LogP contribution >= 0.6 is 0 Å². The third-order valence-electron chi connectivity index (χ3n) is 3.24. The predicted molar refractivity (Wildman–Crippen MR) is 67.7 cm³/mol. The molecule has 1 rings (SSSR count). The maximum absolute atomic E-state index is 11.6. The van der Waals surface area contributed by atoms with Crippen molar-refractivity contribution in [3.63, 3.8) is 0 Å². The van der Waals surface area contributed by atoms with Crippen LogP contribution in [0.2, 0.25) is 0 Å². The summed E-state index contributed by atoms with van der Waals surface area (Å²) in [6.07, 6.45) is 0.389. The van der Waals surface area contributed by atoms with Gasteiger partial charge in [0.1, 0.15) is 0 Å². The van der Waals surface area contributed by atoms with Gasteiger partial charge in [-0.3, -0.25) is 9.69 Å². The molecule has 0 saturated carbocycles. The van der Waals surface area contributed by atoms with E-state index in [0.29, 0.717) is 12.5 Å². The molecule has 0 spiro atoms. The van der Waals surface area contributed by atoms with E-state index in [2.05, 4.69) is 17.1 Å². The van der Waals surface area contributed by atoms with Gasteiger partial charge in [0, 0.05) is 37.6 Å². The van der Waals surface area contributed by atoms with Gasteiger partial charge in [-0.05, 0) is 20.8 Å². The highest BCUT2D eigenvalue weighted by molar-refractivity contribution is 5.76. The molecule has 0 aromatic rings. The Balaban J connectivity index is 2.34. The zero-order valence-corrected chi connectivity index (χ0v) is 11.1. The van der Waals surface area contributed by atoms with E-state index >= 15 is 0 Å². The van der Waals surface area contributed by atoms with Crippen molar-refractivity contribution in [2.45, 2.75) is 45.3 Å². The first kappa shape index (κ1) is 14.4. The van der Waals surface area contributed by atoms with Gasteiger partial charge >= 0.3 is 0 Å². The van der Waals surface area contributed by atoms with E-state index in [1.807, 2.05) is 13.8 Å². The Bertz CT molecular complexity index is 240. The Morgan fingerprint density at radius 3 is 2.47 bits per heavy atom. The number of nitrogens with zero attached hydrogens (tertiary/aromatic N) is 1. The topological polar surface area (TPSA) is 67.6 Å².